The molecule has 0 bridgehead atoms. The van der Waals surface area contributed by atoms with Crippen molar-refractivity contribution in [3.63, 3.8) is 0 Å². The van der Waals surface area contributed by atoms with Crippen molar-refractivity contribution in [2.45, 2.75) is 51.3 Å². The fourth-order valence-corrected chi connectivity index (χ4v) is 4.13. The molecule has 0 N–H and O–H groups in total. The molecule has 2 rings (SSSR count). The number of allylic oxidation sites excluding steroid dienone is 1. The predicted octanol–water partition coefficient (Wildman–Crippen LogP) is 3.91. The largest absolute Gasteiger partial charge is 0.467 e. The molecule has 26 heavy (non-hydrogen) atoms. The van der Waals surface area contributed by atoms with E-state index in [2.05, 4.69) is 26.6 Å². The summed E-state index contributed by atoms with van der Waals surface area (Å²) in [5.41, 5.74) is -0.218. The molecule has 144 valence electrons. The molecule has 5 nitrogen and oxygen atoms in total. The first-order valence-electron chi connectivity index (χ1n) is 8.98. The Bertz CT molecular complexity index is 610. The van der Waals surface area contributed by atoms with Gasteiger partial charge in [0.25, 0.3) is 0 Å². The van der Waals surface area contributed by atoms with Crippen LogP contribution in [0, 0.1) is 5.92 Å². The summed E-state index contributed by atoms with van der Waals surface area (Å²) in [6, 6.07) is 9.83. The van der Waals surface area contributed by atoms with Crippen LogP contribution in [0.3, 0.4) is 0 Å². The number of carbonyl (C=O) groups is 1. The lowest BCUT2D eigenvalue weighted by Crippen LogP contribution is -2.57. The molecule has 1 aliphatic rings. The second-order valence-electron chi connectivity index (χ2n) is 7.67. The smallest absolute Gasteiger partial charge is 0.345 e. The Morgan fingerprint density at radius 1 is 1.23 bits per heavy atom. The fraction of sp³-hybridized carbons (Fsp3) is 0.550. The van der Waals surface area contributed by atoms with Crippen LogP contribution in [-0.2, 0) is 30.0 Å². The Morgan fingerprint density at radius 2 is 1.92 bits per heavy atom. The number of hydrogen-bond donors (Lipinski definition) is 0. The van der Waals surface area contributed by atoms with E-state index < -0.39 is 19.9 Å². The topological polar surface area (TPSA) is 54.0 Å². The average molecular weight is 379 g/mol. The van der Waals surface area contributed by atoms with Crippen molar-refractivity contribution in [3.8, 4) is 0 Å². The zero-order valence-corrected chi connectivity index (χ0v) is 17.4. The van der Waals surface area contributed by atoms with Crippen LogP contribution in [-0.4, -0.2) is 39.9 Å². The van der Waals surface area contributed by atoms with E-state index in [9.17, 15) is 4.79 Å². The first kappa shape index (κ1) is 20.8. The highest BCUT2D eigenvalue weighted by Crippen LogP contribution is 2.35. The molecule has 6 heteroatoms. The number of carbonyl (C=O) groups excluding carboxylic acids is 1. The first-order valence-corrected chi connectivity index (χ1v) is 12.4. The van der Waals surface area contributed by atoms with Crippen LogP contribution in [0.2, 0.25) is 19.6 Å². The Labute approximate surface area is 157 Å². The predicted molar refractivity (Wildman–Crippen MR) is 103 cm³/mol. The maximum Gasteiger partial charge on any atom is 0.345 e. The maximum atomic E-state index is 12.6. The Morgan fingerprint density at radius 3 is 2.54 bits per heavy atom. The van der Waals surface area contributed by atoms with Gasteiger partial charge in [-0.2, -0.15) is 0 Å². The molecule has 1 unspecified atom stereocenters. The molecule has 1 aromatic carbocycles. The van der Waals surface area contributed by atoms with Crippen LogP contribution in [0.25, 0.3) is 0 Å². The van der Waals surface area contributed by atoms with Crippen molar-refractivity contribution in [2.24, 2.45) is 5.92 Å². The first-order chi connectivity index (χ1) is 12.3. The van der Waals surface area contributed by atoms with Crippen molar-refractivity contribution < 1.29 is 23.4 Å². The van der Waals surface area contributed by atoms with Gasteiger partial charge in [0, 0.05) is 0 Å². The van der Waals surface area contributed by atoms with E-state index >= 15 is 0 Å². The second kappa shape index (κ2) is 8.95. The lowest BCUT2D eigenvalue weighted by atomic mass is 9.83. The highest BCUT2D eigenvalue weighted by Gasteiger charge is 2.50. The van der Waals surface area contributed by atoms with Crippen LogP contribution in [0.1, 0.15) is 18.9 Å². The minimum Gasteiger partial charge on any atom is -0.467 e. The van der Waals surface area contributed by atoms with Gasteiger partial charge in [0.05, 0.1) is 19.8 Å². The molecule has 0 heterocycles. The van der Waals surface area contributed by atoms with Crippen LogP contribution in [0.15, 0.2) is 42.5 Å². The molecular formula is C20H30O5Si. The lowest BCUT2D eigenvalue weighted by molar-refractivity contribution is -0.198. The molecule has 0 aliphatic heterocycles. The minimum absolute atomic E-state index is 0.0196. The molecule has 0 saturated carbocycles. The molecule has 0 aromatic heterocycles. The summed E-state index contributed by atoms with van der Waals surface area (Å²) in [6.45, 7) is 8.80. The van der Waals surface area contributed by atoms with E-state index in [-0.39, 0.29) is 12.9 Å². The second-order valence-corrected chi connectivity index (χ2v) is 12.1. The van der Waals surface area contributed by atoms with Gasteiger partial charge in [-0.05, 0) is 43.6 Å². The number of benzene rings is 1. The van der Waals surface area contributed by atoms with Crippen molar-refractivity contribution in [2.75, 3.05) is 13.9 Å². The molecule has 1 aromatic rings. The van der Waals surface area contributed by atoms with Gasteiger partial charge in [0.1, 0.15) is 6.79 Å². The standard InChI is InChI=1S/C20H30O5Si/c1-16-11-12-20(19(21)22-2,18(13-16)25-26(3,4)5)24-15-23-14-17-9-7-6-8-10-17/h6-12,16,18H,13-15H2,1-5H3/t16?,18-,20+/m1/s1. The van der Waals surface area contributed by atoms with Crippen LogP contribution >= 0.6 is 0 Å². The highest BCUT2D eigenvalue weighted by atomic mass is 28.4. The van der Waals surface area contributed by atoms with Gasteiger partial charge in [-0.1, -0.05) is 43.3 Å². The molecule has 0 amide bonds. The van der Waals surface area contributed by atoms with Gasteiger partial charge < -0.3 is 18.6 Å². The summed E-state index contributed by atoms with van der Waals surface area (Å²) in [5.74, 6) is -0.143. The van der Waals surface area contributed by atoms with Gasteiger partial charge in [-0.3, -0.25) is 0 Å². The van der Waals surface area contributed by atoms with E-state index in [0.29, 0.717) is 18.9 Å². The third-order valence-electron chi connectivity index (χ3n) is 4.23. The molecule has 0 fully saturated rings. The zero-order chi connectivity index (χ0) is 19.2. The molecule has 0 spiro atoms. The molecule has 0 radical (unpaired) electrons. The van der Waals surface area contributed by atoms with Gasteiger partial charge in [-0.25, -0.2) is 4.79 Å². The fourth-order valence-electron chi connectivity index (χ4n) is 3.00. The number of rotatable bonds is 8. The van der Waals surface area contributed by atoms with E-state index in [4.69, 9.17) is 18.6 Å². The molecule has 3 atom stereocenters. The summed E-state index contributed by atoms with van der Waals surface area (Å²) in [5, 5.41) is 0. The number of methoxy groups -OCH3 is 1. The molecule has 0 saturated heterocycles. The van der Waals surface area contributed by atoms with Crippen LogP contribution in [0.4, 0.5) is 0 Å². The monoisotopic (exact) mass is 378 g/mol. The Kier molecular flexibility index (Phi) is 7.17. The molecular weight excluding hydrogens is 348 g/mol. The number of esters is 1. The highest BCUT2D eigenvalue weighted by molar-refractivity contribution is 6.69. The number of ether oxygens (including phenoxy) is 3. The Hall–Kier alpha value is -1.47. The lowest BCUT2D eigenvalue weighted by Gasteiger charge is -2.42. The number of hydrogen-bond acceptors (Lipinski definition) is 5. The average Bonchev–Trinajstić information content (AvgIpc) is 2.59. The van der Waals surface area contributed by atoms with Crippen LogP contribution < -0.4 is 0 Å². The van der Waals surface area contributed by atoms with E-state index in [0.717, 1.165) is 5.56 Å². The third kappa shape index (κ3) is 5.51. The van der Waals surface area contributed by atoms with Gasteiger partial charge in [-0.15, -0.1) is 0 Å². The van der Waals surface area contributed by atoms with Crippen molar-refractivity contribution in [1.29, 1.82) is 0 Å². The van der Waals surface area contributed by atoms with Crippen molar-refractivity contribution in [3.05, 3.63) is 48.0 Å². The summed E-state index contributed by atoms with van der Waals surface area (Å²) in [4.78, 5) is 12.6. The van der Waals surface area contributed by atoms with E-state index in [1.54, 1.807) is 6.08 Å². The van der Waals surface area contributed by atoms with Crippen molar-refractivity contribution in [1.82, 2.24) is 0 Å². The van der Waals surface area contributed by atoms with Gasteiger partial charge in [0.2, 0.25) is 5.60 Å². The summed E-state index contributed by atoms with van der Waals surface area (Å²) < 4.78 is 23.0. The SMILES string of the molecule is COC(=O)[C@]1(OCOCc2ccccc2)C=CC(C)C[C@H]1O[Si](C)(C)C. The maximum absolute atomic E-state index is 12.6. The Balaban J connectivity index is 2.11. The molecule has 1 aliphatic carbocycles. The minimum atomic E-state index is -1.88. The van der Waals surface area contributed by atoms with Gasteiger partial charge in [0.15, 0.2) is 8.32 Å². The van der Waals surface area contributed by atoms with Gasteiger partial charge >= 0.3 is 5.97 Å². The van der Waals surface area contributed by atoms with Crippen molar-refractivity contribution >= 4 is 14.3 Å². The van der Waals surface area contributed by atoms with Crippen LogP contribution in [0.5, 0.6) is 0 Å². The third-order valence-corrected chi connectivity index (χ3v) is 5.22. The van der Waals surface area contributed by atoms with E-state index in [1.807, 2.05) is 36.4 Å². The zero-order valence-electron chi connectivity index (χ0n) is 16.4. The summed E-state index contributed by atoms with van der Waals surface area (Å²) in [6.07, 6.45) is 4.08. The quantitative estimate of drug-likeness (QED) is 0.226. The normalized spacial score (nSPS) is 25.9. The summed E-state index contributed by atoms with van der Waals surface area (Å²) in [7, 11) is -0.514. The van der Waals surface area contributed by atoms with E-state index in [1.165, 1.54) is 7.11 Å². The summed E-state index contributed by atoms with van der Waals surface area (Å²) >= 11 is 0.